The van der Waals surface area contributed by atoms with Gasteiger partial charge in [0.15, 0.2) is 0 Å². The van der Waals surface area contributed by atoms with Crippen LogP contribution in [0.4, 0.5) is 0 Å². The second-order valence-electron chi connectivity index (χ2n) is 3.53. The van der Waals surface area contributed by atoms with Gasteiger partial charge in [-0.3, -0.25) is 0 Å². The van der Waals surface area contributed by atoms with Crippen LogP contribution >= 0.6 is 23.4 Å². The minimum absolute atomic E-state index is 0.540. The Hall–Kier alpha value is -1.63. The van der Waals surface area contributed by atoms with Crippen molar-refractivity contribution in [1.29, 1.82) is 5.26 Å². The van der Waals surface area contributed by atoms with Crippen LogP contribution in [0.5, 0.6) is 5.75 Å². The number of halogens is 1. The third kappa shape index (κ3) is 2.98. The van der Waals surface area contributed by atoms with Crippen LogP contribution in [0.3, 0.4) is 0 Å². The van der Waals surface area contributed by atoms with E-state index in [1.54, 1.807) is 24.9 Å². The van der Waals surface area contributed by atoms with Crippen molar-refractivity contribution >= 4 is 23.4 Å². The first-order chi connectivity index (χ1) is 8.72. The molecule has 0 fully saturated rings. The van der Waals surface area contributed by atoms with Crippen LogP contribution in [0.25, 0.3) is 0 Å². The van der Waals surface area contributed by atoms with Gasteiger partial charge in [0.25, 0.3) is 0 Å². The Kier molecular flexibility index (Phi) is 4.14. The average molecular weight is 276 g/mol. The molecule has 0 bridgehead atoms. The van der Waals surface area contributed by atoms with E-state index in [1.165, 1.54) is 0 Å². The molecule has 4 heteroatoms. The van der Waals surface area contributed by atoms with Gasteiger partial charge < -0.3 is 4.74 Å². The van der Waals surface area contributed by atoms with Gasteiger partial charge in [-0.15, -0.1) is 0 Å². The quantitative estimate of drug-likeness (QED) is 0.834. The Morgan fingerprint density at radius 2 is 1.78 bits per heavy atom. The maximum absolute atomic E-state index is 8.91. The zero-order valence-corrected chi connectivity index (χ0v) is 11.3. The summed E-state index contributed by atoms with van der Waals surface area (Å²) in [5.41, 5.74) is 0.540. The molecule has 0 radical (unpaired) electrons. The van der Waals surface area contributed by atoms with E-state index in [9.17, 15) is 0 Å². The second-order valence-corrected chi connectivity index (χ2v) is 5.11. The van der Waals surface area contributed by atoms with Gasteiger partial charge >= 0.3 is 0 Å². The van der Waals surface area contributed by atoms with Crippen molar-refractivity contribution in [2.75, 3.05) is 7.11 Å². The molecule has 0 aliphatic heterocycles. The summed E-state index contributed by atoms with van der Waals surface area (Å²) in [5, 5.41) is 9.63. The topological polar surface area (TPSA) is 33.0 Å². The first-order valence-electron chi connectivity index (χ1n) is 5.24. The molecule has 0 unspecified atom stereocenters. The molecule has 2 aromatic rings. The summed E-state index contributed by atoms with van der Waals surface area (Å²) in [5.74, 6) is 0.594. The van der Waals surface area contributed by atoms with Crippen LogP contribution in [0.1, 0.15) is 5.56 Å². The third-order valence-electron chi connectivity index (χ3n) is 2.34. The number of nitriles is 1. The number of benzene rings is 2. The fraction of sp³-hybridized carbons (Fsp3) is 0.0714. The molecular formula is C14H10ClNOS. The molecule has 0 aliphatic rings. The maximum atomic E-state index is 8.91. The van der Waals surface area contributed by atoms with E-state index in [-0.39, 0.29) is 0 Å². The minimum Gasteiger partial charge on any atom is -0.495 e. The van der Waals surface area contributed by atoms with Crippen LogP contribution in [-0.2, 0) is 0 Å². The van der Waals surface area contributed by atoms with Gasteiger partial charge in [-0.05, 0) is 42.5 Å². The Morgan fingerprint density at radius 1 is 1.11 bits per heavy atom. The molecule has 2 aromatic carbocycles. The summed E-state index contributed by atoms with van der Waals surface area (Å²) in [6.07, 6.45) is 0. The fourth-order valence-electron chi connectivity index (χ4n) is 1.47. The van der Waals surface area contributed by atoms with Crippen LogP contribution in [0.15, 0.2) is 52.3 Å². The number of methoxy groups -OCH3 is 1. The van der Waals surface area contributed by atoms with Gasteiger partial charge in [0.1, 0.15) is 11.8 Å². The minimum atomic E-state index is 0.540. The number of hydrogen-bond acceptors (Lipinski definition) is 3. The average Bonchev–Trinajstić information content (AvgIpc) is 2.41. The first-order valence-corrected chi connectivity index (χ1v) is 6.44. The van der Waals surface area contributed by atoms with Crippen molar-refractivity contribution in [2.24, 2.45) is 0 Å². The molecule has 0 spiro atoms. The lowest BCUT2D eigenvalue weighted by molar-refractivity contribution is 0.412. The van der Waals surface area contributed by atoms with Crippen molar-refractivity contribution in [3.05, 3.63) is 53.1 Å². The summed E-state index contributed by atoms with van der Waals surface area (Å²) >= 11 is 7.43. The lowest BCUT2D eigenvalue weighted by Crippen LogP contribution is -1.87. The summed E-state index contributed by atoms with van der Waals surface area (Å²) in [4.78, 5) is 2.11. The van der Waals surface area contributed by atoms with Crippen LogP contribution in [-0.4, -0.2) is 7.11 Å². The highest BCUT2D eigenvalue weighted by molar-refractivity contribution is 7.99. The summed E-state index contributed by atoms with van der Waals surface area (Å²) < 4.78 is 5.18. The van der Waals surface area contributed by atoms with E-state index in [1.807, 2.05) is 36.4 Å². The molecular weight excluding hydrogens is 266 g/mol. The Balaban J connectivity index is 2.25. The van der Waals surface area contributed by atoms with Crippen molar-refractivity contribution in [3.63, 3.8) is 0 Å². The first kappa shape index (κ1) is 12.8. The second kappa shape index (κ2) is 5.81. The summed E-state index contributed by atoms with van der Waals surface area (Å²) in [6, 6.07) is 15.2. The molecule has 0 N–H and O–H groups in total. The van der Waals surface area contributed by atoms with Crippen molar-refractivity contribution < 1.29 is 4.74 Å². The number of hydrogen-bond donors (Lipinski definition) is 0. The standard InChI is InChI=1S/C14H10ClNOS/c1-17-14-8-13(5-2-10(14)9-16)18-12-6-3-11(15)4-7-12/h2-8H,1H3. The SMILES string of the molecule is COc1cc(Sc2ccc(Cl)cc2)ccc1C#N. The van der Waals surface area contributed by atoms with Gasteiger partial charge in [0.2, 0.25) is 0 Å². The zero-order chi connectivity index (χ0) is 13.0. The molecule has 90 valence electrons. The van der Waals surface area contributed by atoms with E-state index >= 15 is 0 Å². The van der Waals surface area contributed by atoms with Gasteiger partial charge in [0, 0.05) is 14.8 Å². The smallest absolute Gasteiger partial charge is 0.137 e. The number of ether oxygens (including phenoxy) is 1. The van der Waals surface area contributed by atoms with Crippen molar-refractivity contribution in [2.45, 2.75) is 9.79 Å². The lowest BCUT2D eigenvalue weighted by Gasteiger charge is -2.06. The molecule has 2 nitrogen and oxygen atoms in total. The molecule has 0 amide bonds. The highest BCUT2D eigenvalue weighted by Gasteiger charge is 2.05. The molecule has 0 heterocycles. The third-order valence-corrected chi connectivity index (χ3v) is 3.59. The van der Waals surface area contributed by atoms with E-state index in [4.69, 9.17) is 21.6 Å². The predicted molar refractivity (Wildman–Crippen MR) is 73.3 cm³/mol. The molecule has 18 heavy (non-hydrogen) atoms. The fourth-order valence-corrected chi connectivity index (χ4v) is 2.44. The Morgan fingerprint density at radius 3 is 2.39 bits per heavy atom. The molecule has 2 rings (SSSR count). The van der Waals surface area contributed by atoms with Crippen LogP contribution in [0.2, 0.25) is 5.02 Å². The predicted octanol–water partition coefficient (Wildman–Crippen LogP) is 4.37. The van der Waals surface area contributed by atoms with Crippen LogP contribution < -0.4 is 4.74 Å². The van der Waals surface area contributed by atoms with E-state index < -0.39 is 0 Å². The van der Waals surface area contributed by atoms with E-state index in [2.05, 4.69) is 6.07 Å². The van der Waals surface area contributed by atoms with E-state index in [0.717, 1.165) is 14.8 Å². The lowest BCUT2D eigenvalue weighted by atomic mass is 10.2. The molecule has 0 saturated heterocycles. The van der Waals surface area contributed by atoms with Gasteiger partial charge in [-0.25, -0.2) is 0 Å². The molecule has 0 atom stereocenters. The molecule has 0 aliphatic carbocycles. The summed E-state index contributed by atoms with van der Waals surface area (Å²) in [6.45, 7) is 0. The highest BCUT2D eigenvalue weighted by atomic mass is 35.5. The van der Waals surface area contributed by atoms with E-state index in [0.29, 0.717) is 11.3 Å². The largest absolute Gasteiger partial charge is 0.495 e. The number of rotatable bonds is 3. The molecule has 0 aromatic heterocycles. The normalized spacial score (nSPS) is 9.83. The van der Waals surface area contributed by atoms with Gasteiger partial charge in [0.05, 0.1) is 12.7 Å². The highest BCUT2D eigenvalue weighted by Crippen LogP contribution is 2.32. The van der Waals surface area contributed by atoms with Crippen molar-refractivity contribution in [1.82, 2.24) is 0 Å². The molecule has 0 saturated carbocycles. The van der Waals surface area contributed by atoms with Gasteiger partial charge in [-0.1, -0.05) is 23.4 Å². The Bertz CT molecular complexity index is 590. The summed E-state index contributed by atoms with van der Waals surface area (Å²) in [7, 11) is 1.56. The number of nitrogens with zero attached hydrogens (tertiary/aromatic N) is 1. The van der Waals surface area contributed by atoms with Crippen molar-refractivity contribution in [3.8, 4) is 11.8 Å². The van der Waals surface area contributed by atoms with Gasteiger partial charge in [-0.2, -0.15) is 5.26 Å². The maximum Gasteiger partial charge on any atom is 0.137 e. The Labute approximate surface area is 115 Å². The van der Waals surface area contributed by atoms with Crippen LogP contribution in [0, 0.1) is 11.3 Å². The zero-order valence-electron chi connectivity index (χ0n) is 9.68. The monoisotopic (exact) mass is 275 g/mol.